The first-order chi connectivity index (χ1) is 11.1. The number of aromatic nitrogens is 1. The van der Waals surface area contributed by atoms with Crippen molar-refractivity contribution in [2.45, 2.75) is 13.8 Å². The summed E-state index contributed by atoms with van der Waals surface area (Å²) in [5.41, 5.74) is 6.95. The van der Waals surface area contributed by atoms with E-state index in [1.807, 2.05) is 56.3 Å². The molecular formula is C19H17N3O. The zero-order valence-corrected chi connectivity index (χ0v) is 13.1. The number of nitrogens with zero attached hydrogens (tertiary/aromatic N) is 2. The van der Waals surface area contributed by atoms with Crippen molar-refractivity contribution in [1.82, 2.24) is 10.4 Å². The molecule has 2 aromatic carbocycles. The molecule has 3 rings (SSSR count). The van der Waals surface area contributed by atoms with E-state index in [9.17, 15) is 4.79 Å². The smallest absolute Gasteiger partial charge is 0.266 e. The van der Waals surface area contributed by atoms with Crippen LogP contribution in [-0.2, 0) is 0 Å². The average molecular weight is 303 g/mol. The van der Waals surface area contributed by atoms with E-state index in [-0.39, 0.29) is 5.91 Å². The molecule has 0 aliphatic carbocycles. The molecule has 1 heterocycles. The number of carbonyl (C=O) groups excluding carboxylic acids is 1. The minimum Gasteiger partial charge on any atom is -0.266 e. The second-order valence-electron chi connectivity index (χ2n) is 5.45. The molecule has 0 aliphatic rings. The number of hydrazone groups is 1. The number of benzene rings is 2. The molecule has 3 aromatic rings. The lowest BCUT2D eigenvalue weighted by atomic mass is 10.1. The minimum atomic E-state index is -0.322. The standard InChI is InChI=1S/C19H17N3O/c1-13-7-8-16(14(2)11-13)12-20-22-19(23)18-10-9-15-5-3-4-6-17(15)21-18/h3-12H,1-2H3,(H,22,23)/b20-12+. The van der Waals surface area contributed by atoms with Crippen molar-refractivity contribution in [3.05, 3.63) is 77.0 Å². The number of hydrogen-bond acceptors (Lipinski definition) is 3. The van der Waals surface area contributed by atoms with Gasteiger partial charge in [-0.05, 0) is 37.1 Å². The SMILES string of the molecule is Cc1ccc(/C=N/NC(=O)c2ccc3ccccc3n2)c(C)c1. The van der Waals surface area contributed by atoms with Gasteiger partial charge in [0.05, 0.1) is 11.7 Å². The van der Waals surface area contributed by atoms with Gasteiger partial charge in [-0.3, -0.25) is 4.79 Å². The van der Waals surface area contributed by atoms with E-state index in [0.29, 0.717) is 5.69 Å². The number of amides is 1. The van der Waals surface area contributed by atoms with Gasteiger partial charge in [-0.2, -0.15) is 5.10 Å². The third-order valence-electron chi connectivity index (χ3n) is 3.63. The third-order valence-corrected chi connectivity index (χ3v) is 3.63. The van der Waals surface area contributed by atoms with Crippen LogP contribution < -0.4 is 5.43 Å². The van der Waals surface area contributed by atoms with Crippen molar-refractivity contribution in [3.63, 3.8) is 0 Å². The number of fused-ring (bicyclic) bond motifs is 1. The van der Waals surface area contributed by atoms with Crippen molar-refractivity contribution < 1.29 is 4.79 Å². The summed E-state index contributed by atoms with van der Waals surface area (Å²) >= 11 is 0. The van der Waals surface area contributed by atoms with E-state index in [1.165, 1.54) is 5.56 Å². The lowest BCUT2D eigenvalue weighted by Crippen LogP contribution is -2.19. The number of aryl methyl sites for hydroxylation is 2. The first-order valence-corrected chi connectivity index (χ1v) is 7.40. The van der Waals surface area contributed by atoms with E-state index < -0.39 is 0 Å². The fourth-order valence-electron chi connectivity index (χ4n) is 2.38. The third kappa shape index (κ3) is 3.43. The Morgan fingerprint density at radius 3 is 2.74 bits per heavy atom. The van der Waals surface area contributed by atoms with Gasteiger partial charge in [-0.1, -0.05) is 48.0 Å². The number of carbonyl (C=O) groups is 1. The number of pyridine rings is 1. The van der Waals surface area contributed by atoms with Crippen LogP contribution in [0, 0.1) is 13.8 Å². The van der Waals surface area contributed by atoms with Gasteiger partial charge in [0.2, 0.25) is 0 Å². The van der Waals surface area contributed by atoms with Crippen molar-refractivity contribution in [2.75, 3.05) is 0 Å². The zero-order chi connectivity index (χ0) is 16.2. The predicted octanol–water partition coefficient (Wildman–Crippen LogP) is 3.62. The highest BCUT2D eigenvalue weighted by molar-refractivity contribution is 5.95. The molecular weight excluding hydrogens is 286 g/mol. The quantitative estimate of drug-likeness (QED) is 0.593. The highest BCUT2D eigenvalue weighted by Gasteiger charge is 2.06. The summed E-state index contributed by atoms with van der Waals surface area (Å²) in [5.74, 6) is -0.322. The molecule has 0 aliphatic heterocycles. The summed E-state index contributed by atoms with van der Waals surface area (Å²) in [7, 11) is 0. The molecule has 0 unspecified atom stereocenters. The Kier molecular flexibility index (Phi) is 4.15. The number of nitrogens with one attached hydrogen (secondary N) is 1. The van der Waals surface area contributed by atoms with Crippen molar-refractivity contribution in [3.8, 4) is 0 Å². The fraction of sp³-hybridized carbons (Fsp3) is 0.105. The van der Waals surface area contributed by atoms with Crippen molar-refractivity contribution in [1.29, 1.82) is 0 Å². The lowest BCUT2D eigenvalue weighted by Gasteiger charge is -2.03. The molecule has 0 fully saturated rings. The van der Waals surface area contributed by atoms with Crippen LogP contribution in [0.3, 0.4) is 0 Å². The molecule has 0 bridgehead atoms. The van der Waals surface area contributed by atoms with Gasteiger partial charge < -0.3 is 0 Å². The normalized spacial score (nSPS) is 11.0. The van der Waals surface area contributed by atoms with E-state index >= 15 is 0 Å². The Hall–Kier alpha value is -3.01. The highest BCUT2D eigenvalue weighted by Crippen LogP contribution is 2.12. The summed E-state index contributed by atoms with van der Waals surface area (Å²) in [6, 6.07) is 17.3. The summed E-state index contributed by atoms with van der Waals surface area (Å²) in [4.78, 5) is 16.5. The number of rotatable bonds is 3. The summed E-state index contributed by atoms with van der Waals surface area (Å²) in [6.45, 7) is 4.06. The Balaban J connectivity index is 1.74. The maximum Gasteiger partial charge on any atom is 0.289 e. The van der Waals surface area contributed by atoms with Gasteiger partial charge in [0, 0.05) is 5.39 Å². The topological polar surface area (TPSA) is 54.4 Å². The second kappa shape index (κ2) is 6.40. The number of hydrogen-bond donors (Lipinski definition) is 1. The molecule has 1 N–H and O–H groups in total. The monoisotopic (exact) mass is 303 g/mol. The Morgan fingerprint density at radius 1 is 1.09 bits per heavy atom. The fourth-order valence-corrected chi connectivity index (χ4v) is 2.38. The molecule has 1 amide bonds. The summed E-state index contributed by atoms with van der Waals surface area (Å²) in [5, 5.41) is 5.03. The van der Waals surface area contributed by atoms with Crippen LogP contribution in [0.5, 0.6) is 0 Å². The van der Waals surface area contributed by atoms with Gasteiger partial charge >= 0.3 is 0 Å². The molecule has 0 saturated heterocycles. The molecule has 1 aromatic heterocycles. The highest BCUT2D eigenvalue weighted by atomic mass is 16.2. The summed E-state index contributed by atoms with van der Waals surface area (Å²) in [6.07, 6.45) is 1.65. The van der Waals surface area contributed by atoms with Crippen LogP contribution in [-0.4, -0.2) is 17.1 Å². The summed E-state index contributed by atoms with van der Waals surface area (Å²) < 4.78 is 0. The van der Waals surface area contributed by atoms with Crippen LogP contribution in [0.1, 0.15) is 27.2 Å². The maximum absolute atomic E-state index is 12.1. The largest absolute Gasteiger partial charge is 0.289 e. The van der Waals surface area contributed by atoms with Gasteiger partial charge in [0.1, 0.15) is 5.69 Å². The van der Waals surface area contributed by atoms with Crippen LogP contribution in [0.25, 0.3) is 10.9 Å². The molecule has 4 heteroatoms. The second-order valence-corrected chi connectivity index (χ2v) is 5.45. The van der Waals surface area contributed by atoms with E-state index in [0.717, 1.165) is 22.0 Å². The van der Waals surface area contributed by atoms with Gasteiger partial charge in [0.25, 0.3) is 5.91 Å². The van der Waals surface area contributed by atoms with Crippen LogP contribution in [0.2, 0.25) is 0 Å². The predicted molar refractivity (Wildman–Crippen MR) is 92.7 cm³/mol. The average Bonchev–Trinajstić information content (AvgIpc) is 2.56. The molecule has 23 heavy (non-hydrogen) atoms. The van der Waals surface area contributed by atoms with Gasteiger partial charge in [0.15, 0.2) is 0 Å². The number of para-hydroxylation sites is 1. The Bertz CT molecular complexity index is 900. The minimum absolute atomic E-state index is 0.322. The molecule has 0 atom stereocenters. The van der Waals surface area contributed by atoms with E-state index in [2.05, 4.69) is 21.6 Å². The molecule has 0 saturated carbocycles. The van der Waals surface area contributed by atoms with Crippen LogP contribution in [0.15, 0.2) is 59.7 Å². The molecule has 0 spiro atoms. The van der Waals surface area contributed by atoms with Crippen molar-refractivity contribution in [2.24, 2.45) is 5.10 Å². The molecule has 4 nitrogen and oxygen atoms in total. The molecule has 0 radical (unpaired) electrons. The van der Waals surface area contributed by atoms with E-state index in [4.69, 9.17) is 0 Å². The first-order valence-electron chi connectivity index (χ1n) is 7.40. The maximum atomic E-state index is 12.1. The van der Waals surface area contributed by atoms with Crippen LogP contribution in [0.4, 0.5) is 0 Å². The molecule has 114 valence electrons. The van der Waals surface area contributed by atoms with Crippen LogP contribution >= 0.6 is 0 Å². The van der Waals surface area contributed by atoms with Gasteiger partial charge in [-0.25, -0.2) is 10.4 Å². The Morgan fingerprint density at radius 2 is 1.91 bits per heavy atom. The van der Waals surface area contributed by atoms with E-state index in [1.54, 1.807) is 12.3 Å². The first kappa shape index (κ1) is 14.9. The lowest BCUT2D eigenvalue weighted by molar-refractivity contribution is 0.0950. The zero-order valence-electron chi connectivity index (χ0n) is 13.1. The Labute approximate surface area is 134 Å². The van der Waals surface area contributed by atoms with Crippen molar-refractivity contribution >= 4 is 23.0 Å². The van der Waals surface area contributed by atoms with Gasteiger partial charge in [-0.15, -0.1) is 0 Å².